The summed E-state index contributed by atoms with van der Waals surface area (Å²) in [5.74, 6) is 0. The van der Waals surface area contributed by atoms with Gasteiger partial charge in [-0.05, 0) is 6.07 Å². The number of aryl methyl sites for hydroxylation is 1. The van der Waals surface area contributed by atoms with Gasteiger partial charge >= 0.3 is 5.65 Å². The van der Waals surface area contributed by atoms with E-state index in [4.69, 9.17) is 0 Å². The van der Waals surface area contributed by atoms with Crippen LogP contribution in [0.15, 0.2) is 48.7 Å². The van der Waals surface area contributed by atoms with Crippen LogP contribution in [0.1, 0.15) is 5.69 Å². The summed E-state index contributed by atoms with van der Waals surface area (Å²) < 4.78 is 2.49. The van der Waals surface area contributed by atoms with E-state index in [0.29, 0.717) is 11.3 Å². The number of imidazole rings is 1. The molecule has 4 nitrogen and oxygen atoms in total. The molecule has 3 rings (SSSR count). The third-order valence-electron chi connectivity index (χ3n) is 2.75. The molecule has 0 unspecified atom stereocenters. The Labute approximate surface area is 98.3 Å². The number of hydrogen-bond donors (Lipinski definition) is 0. The van der Waals surface area contributed by atoms with Gasteiger partial charge in [0.25, 0.3) is 0 Å². The van der Waals surface area contributed by atoms with Crippen LogP contribution in [0.25, 0.3) is 16.9 Å². The number of hydrogen-bond acceptors (Lipinski definition) is 2. The van der Waals surface area contributed by atoms with Gasteiger partial charge in [0.05, 0.1) is 0 Å². The molecule has 0 saturated carbocycles. The van der Waals surface area contributed by atoms with Crippen LogP contribution in [0.2, 0.25) is 0 Å². The van der Waals surface area contributed by atoms with Gasteiger partial charge in [0.1, 0.15) is 11.4 Å². The fourth-order valence-corrected chi connectivity index (χ4v) is 1.86. The van der Waals surface area contributed by atoms with E-state index >= 15 is 0 Å². The molecule has 1 aromatic carbocycles. The smallest absolute Gasteiger partial charge is 0.310 e. The molecule has 84 valence electrons. The molecule has 17 heavy (non-hydrogen) atoms. The third kappa shape index (κ3) is 1.54. The molecule has 2 aromatic heterocycles. The van der Waals surface area contributed by atoms with Crippen LogP contribution in [0.3, 0.4) is 0 Å². The van der Waals surface area contributed by atoms with E-state index in [1.807, 2.05) is 36.4 Å². The topological polar surface area (TPSA) is 44.2 Å². The van der Waals surface area contributed by atoms with Crippen molar-refractivity contribution >= 4 is 5.65 Å². The van der Waals surface area contributed by atoms with Gasteiger partial charge in [0.2, 0.25) is 0 Å². The van der Waals surface area contributed by atoms with Crippen LogP contribution >= 0.6 is 0 Å². The highest BCUT2D eigenvalue weighted by Crippen LogP contribution is 2.16. The van der Waals surface area contributed by atoms with Crippen molar-refractivity contribution in [2.75, 3.05) is 0 Å². The summed E-state index contributed by atoms with van der Waals surface area (Å²) in [4.78, 5) is 0. The van der Waals surface area contributed by atoms with Gasteiger partial charge < -0.3 is 5.21 Å². The highest BCUT2D eigenvalue weighted by molar-refractivity contribution is 5.59. The average molecular weight is 225 g/mol. The first kappa shape index (κ1) is 9.84. The lowest BCUT2D eigenvalue weighted by Gasteiger charge is -2.00. The molecule has 4 heteroatoms. The van der Waals surface area contributed by atoms with Gasteiger partial charge in [-0.1, -0.05) is 39.9 Å². The van der Waals surface area contributed by atoms with Gasteiger partial charge in [-0.15, -0.1) is 0 Å². The van der Waals surface area contributed by atoms with Gasteiger partial charge in [0.15, 0.2) is 6.20 Å². The third-order valence-corrected chi connectivity index (χ3v) is 2.75. The first-order chi connectivity index (χ1) is 8.25. The molecule has 0 aliphatic heterocycles. The standard InChI is InChI=1S/C13H11N3O/c1-10-9-15-13(16(10)17)8-7-12(14-15)11-5-3-2-4-6-11/h2-9H,1H3. The van der Waals surface area contributed by atoms with Crippen molar-refractivity contribution in [3.8, 4) is 11.3 Å². The van der Waals surface area contributed by atoms with Crippen molar-refractivity contribution < 1.29 is 4.73 Å². The van der Waals surface area contributed by atoms with Crippen molar-refractivity contribution in [3.63, 3.8) is 0 Å². The number of rotatable bonds is 1. The molecule has 0 aliphatic carbocycles. The van der Waals surface area contributed by atoms with Crippen LogP contribution in [0.4, 0.5) is 0 Å². The van der Waals surface area contributed by atoms with Crippen LogP contribution < -0.4 is 4.73 Å². The summed E-state index contributed by atoms with van der Waals surface area (Å²) in [7, 11) is 0. The molecule has 0 radical (unpaired) electrons. The summed E-state index contributed by atoms with van der Waals surface area (Å²) in [6.45, 7) is 1.77. The molecule has 3 aromatic rings. The lowest BCUT2D eigenvalue weighted by atomic mass is 10.1. The predicted octanol–water partition coefficient (Wildman–Crippen LogP) is 1.94. The highest BCUT2D eigenvalue weighted by atomic mass is 16.5. The predicted molar refractivity (Wildman–Crippen MR) is 64.3 cm³/mol. The minimum absolute atomic E-state index is 0.544. The monoisotopic (exact) mass is 225 g/mol. The van der Waals surface area contributed by atoms with Crippen molar-refractivity contribution in [2.24, 2.45) is 0 Å². The first-order valence-electron chi connectivity index (χ1n) is 5.40. The van der Waals surface area contributed by atoms with Gasteiger partial charge in [-0.25, -0.2) is 4.73 Å². The Morgan fingerprint density at radius 2 is 1.88 bits per heavy atom. The Balaban J connectivity index is 2.21. The number of fused-ring (bicyclic) bond motifs is 1. The number of benzene rings is 1. The molecule has 0 aliphatic rings. The molecular weight excluding hydrogens is 214 g/mol. The number of aromatic nitrogens is 3. The van der Waals surface area contributed by atoms with Crippen molar-refractivity contribution in [1.29, 1.82) is 0 Å². The van der Waals surface area contributed by atoms with Crippen LogP contribution in [-0.2, 0) is 0 Å². The van der Waals surface area contributed by atoms with E-state index in [-0.39, 0.29) is 0 Å². The summed E-state index contributed by atoms with van der Waals surface area (Å²) in [6.07, 6.45) is 1.73. The Hall–Kier alpha value is -2.36. The van der Waals surface area contributed by atoms with Crippen LogP contribution in [-0.4, -0.2) is 9.61 Å². The lowest BCUT2D eigenvalue weighted by Crippen LogP contribution is -2.27. The summed E-state index contributed by atoms with van der Waals surface area (Å²) in [6, 6.07) is 13.5. The van der Waals surface area contributed by atoms with Crippen LogP contribution in [0.5, 0.6) is 0 Å². The van der Waals surface area contributed by atoms with Crippen molar-refractivity contribution in [3.05, 3.63) is 59.6 Å². The van der Waals surface area contributed by atoms with E-state index in [2.05, 4.69) is 5.10 Å². The minimum atomic E-state index is 0.544. The normalized spacial score (nSPS) is 10.9. The van der Waals surface area contributed by atoms with Gasteiger partial charge in [0, 0.05) is 18.6 Å². The molecular formula is C13H11N3O. The zero-order valence-electron chi connectivity index (χ0n) is 9.37. The van der Waals surface area contributed by atoms with E-state index in [9.17, 15) is 5.21 Å². The second-order valence-corrected chi connectivity index (χ2v) is 3.95. The van der Waals surface area contributed by atoms with E-state index < -0.39 is 0 Å². The molecule has 0 spiro atoms. The van der Waals surface area contributed by atoms with Crippen molar-refractivity contribution in [1.82, 2.24) is 9.61 Å². The Morgan fingerprint density at radius 3 is 2.65 bits per heavy atom. The molecule has 2 heterocycles. The molecule has 0 saturated heterocycles. The van der Waals surface area contributed by atoms with E-state index in [1.165, 1.54) is 0 Å². The molecule has 0 atom stereocenters. The largest absolute Gasteiger partial charge is 0.710 e. The molecule has 0 fully saturated rings. The molecule has 0 N–H and O–H groups in total. The van der Waals surface area contributed by atoms with E-state index in [1.54, 1.807) is 23.7 Å². The summed E-state index contributed by atoms with van der Waals surface area (Å²) in [5, 5.41) is 16.1. The van der Waals surface area contributed by atoms with Crippen molar-refractivity contribution in [2.45, 2.75) is 6.92 Å². The maximum Gasteiger partial charge on any atom is 0.310 e. The molecule has 0 amide bonds. The Kier molecular flexibility index (Phi) is 2.08. The number of nitrogens with zero attached hydrogens (tertiary/aromatic N) is 3. The fraction of sp³-hybridized carbons (Fsp3) is 0.0769. The minimum Gasteiger partial charge on any atom is -0.710 e. The summed E-state index contributed by atoms with van der Waals surface area (Å²) >= 11 is 0. The zero-order chi connectivity index (χ0) is 11.8. The maximum atomic E-state index is 11.6. The van der Waals surface area contributed by atoms with Gasteiger partial charge in [-0.2, -0.15) is 0 Å². The zero-order valence-corrected chi connectivity index (χ0v) is 9.37. The first-order valence-corrected chi connectivity index (χ1v) is 5.40. The Morgan fingerprint density at radius 1 is 1.12 bits per heavy atom. The second-order valence-electron chi connectivity index (χ2n) is 3.95. The highest BCUT2D eigenvalue weighted by Gasteiger charge is 2.11. The average Bonchev–Trinajstić information content (AvgIpc) is 2.66. The Bertz CT molecular complexity index is 674. The SMILES string of the molecule is Cc1cn2nc(-c3ccccc3)ccc2[n+]1[O-]. The lowest BCUT2D eigenvalue weighted by molar-refractivity contribution is -0.583. The van der Waals surface area contributed by atoms with Gasteiger partial charge in [-0.3, -0.25) is 0 Å². The fourth-order valence-electron chi connectivity index (χ4n) is 1.86. The summed E-state index contributed by atoms with van der Waals surface area (Å²) in [5.41, 5.74) is 3.08. The molecule has 0 bridgehead atoms. The quantitative estimate of drug-likeness (QED) is 0.469. The second kappa shape index (κ2) is 3.59. The maximum absolute atomic E-state index is 11.6. The van der Waals surface area contributed by atoms with E-state index in [0.717, 1.165) is 16.0 Å². The van der Waals surface area contributed by atoms with Crippen LogP contribution in [0, 0.1) is 12.1 Å².